The van der Waals surface area contributed by atoms with Crippen molar-refractivity contribution in [2.24, 2.45) is 0 Å². The van der Waals surface area contributed by atoms with E-state index < -0.39 is 46.3 Å². The van der Waals surface area contributed by atoms with Gasteiger partial charge in [-0.1, -0.05) is 0 Å². The zero-order valence-corrected chi connectivity index (χ0v) is 11.7. The van der Waals surface area contributed by atoms with Gasteiger partial charge in [0.25, 0.3) is 0 Å². The fourth-order valence-corrected chi connectivity index (χ4v) is 2.29. The van der Waals surface area contributed by atoms with Crippen molar-refractivity contribution in [3.63, 3.8) is 0 Å². The highest BCUT2D eigenvalue weighted by Gasteiger charge is 2.26. The van der Waals surface area contributed by atoms with Crippen molar-refractivity contribution in [2.75, 3.05) is 18.9 Å². The Balaban J connectivity index is 4.24. The van der Waals surface area contributed by atoms with Gasteiger partial charge < -0.3 is 14.9 Å². The van der Waals surface area contributed by atoms with Crippen LogP contribution in [0.5, 0.6) is 0 Å². The molecule has 0 bridgehead atoms. The maximum Gasteiger partial charge on any atom is 0.306 e. The van der Waals surface area contributed by atoms with Gasteiger partial charge in [0.2, 0.25) is 10.0 Å². The number of aliphatic hydroxyl groups is 1. The molecule has 1 atom stereocenters. The lowest BCUT2D eigenvalue weighted by Crippen LogP contribution is -2.43. The number of hydrogen-bond acceptors (Lipinski definition) is 6. The van der Waals surface area contributed by atoms with Gasteiger partial charge in [-0.2, -0.15) is 0 Å². The highest BCUT2D eigenvalue weighted by atomic mass is 32.2. The minimum absolute atomic E-state index is 0.166. The average molecular weight is 297 g/mol. The number of carbonyl (C=O) groups is 2. The fraction of sp³-hybridized carbons (Fsp3) is 0.800. The normalized spacial score (nSPS) is 14.7. The Kier molecular flexibility index (Phi) is 6.95. The van der Waals surface area contributed by atoms with Crippen LogP contribution in [0.1, 0.15) is 26.7 Å². The number of carboxylic acid groups (broad SMARTS) is 1. The van der Waals surface area contributed by atoms with E-state index in [1.165, 1.54) is 6.92 Å². The van der Waals surface area contributed by atoms with Crippen LogP contribution in [0.4, 0.5) is 0 Å². The van der Waals surface area contributed by atoms with Crippen molar-refractivity contribution in [2.45, 2.75) is 32.3 Å². The maximum atomic E-state index is 11.5. The molecule has 0 spiro atoms. The molecule has 0 radical (unpaired) electrons. The molecule has 0 aromatic rings. The van der Waals surface area contributed by atoms with Crippen molar-refractivity contribution in [1.29, 1.82) is 0 Å². The molecule has 112 valence electrons. The van der Waals surface area contributed by atoms with E-state index in [1.54, 1.807) is 6.92 Å². The summed E-state index contributed by atoms with van der Waals surface area (Å²) in [7, 11) is -3.77. The monoisotopic (exact) mass is 297 g/mol. The summed E-state index contributed by atoms with van der Waals surface area (Å²) < 4.78 is 29.6. The largest absolute Gasteiger partial charge is 0.481 e. The zero-order valence-electron chi connectivity index (χ0n) is 10.9. The van der Waals surface area contributed by atoms with Gasteiger partial charge in [0.15, 0.2) is 0 Å². The smallest absolute Gasteiger partial charge is 0.306 e. The van der Waals surface area contributed by atoms with E-state index in [0.29, 0.717) is 0 Å². The second-order valence-electron chi connectivity index (χ2n) is 4.26. The molecule has 0 saturated carbocycles. The van der Waals surface area contributed by atoms with Crippen molar-refractivity contribution >= 4 is 22.0 Å². The molecule has 3 N–H and O–H groups in total. The summed E-state index contributed by atoms with van der Waals surface area (Å²) >= 11 is 0. The molecule has 0 aliphatic heterocycles. The zero-order chi connectivity index (χ0) is 15.1. The van der Waals surface area contributed by atoms with Crippen molar-refractivity contribution in [3.8, 4) is 0 Å². The van der Waals surface area contributed by atoms with E-state index in [0.717, 1.165) is 0 Å². The van der Waals surface area contributed by atoms with E-state index in [1.807, 2.05) is 0 Å². The Morgan fingerprint density at radius 1 is 1.37 bits per heavy atom. The van der Waals surface area contributed by atoms with Crippen LogP contribution in [0.15, 0.2) is 0 Å². The predicted molar refractivity (Wildman–Crippen MR) is 65.9 cm³/mol. The summed E-state index contributed by atoms with van der Waals surface area (Å²) in [6, 6.07) is 0. The van der Waals surface area contributed by atoms with Crippen LogP contribution in [0, 0.1) is 0 Å². The van der Waals surface area contributed by atoms with Gasteiger partial charge in [0.1, 0.15) is 0 Å². The van der Waals surface area contributed by atoms with Gasteiger partial charge in [0.05, 0.1) is 30.8 Å². The highest BCUT2D eigenvalue weighted by molar-refractivity contribution is 7.89. The van der Waals surface area contributed by atoms with Crippen LogP contribution in [-0.2, 0) is 24.3 Å². The highest BCUT2D eigenvalue weighted by Crippen LogP contribution is 2.08. The van der Waals surface area contributed by atoms with E-state index in [4.69, 9.17) is 5.11 Å². The van der Waals surface area contributed by atoms with Gasteiger partial charge in [0, 0.05) is 6.54 Å². The molecule has 0 fully saturated rings. The lowest BCUT2D eigenvalue weighted by Gasteiger charge is -2.21. The Labute approximate surface area is 111 Å². The fourth-order valence-electron chi connectivity index (χ4n) is 1.18. The van der Waals surface area contributed by atoms with Crippen LogP contribution < -0.4 is 4.72 Å². The Hall–Kier alpha value is -1.19. The van der Waals surface area contributed by atoms with E-state index in [2.05, 4.69) is 9.46 Å². The first-order valence-electron chi connectivity index (χ1n) is 5.65. The van der Waals surface area contributed by atoms with Crippen LogP contribution in [-0.4, -0.2) is 55.1 Å². The van der Waals surface area contributed by atoms with E-state index >= 15 is 0 Å². The second kappa shape index (κ2) is 7.41. The Morgan fingerprint density at radius 3 is 2.42 bits per heavy atom. The number of rotatable bonds is 9. The molecule has 19 heavy (non-hydrogen) atoms. The SMILES string of the molecule is CCOC(=O)CCS(=O)(=O)NCC(C)(O)CC(=O)O. The minimum atomic E-state index is -3.77. The van der Waals surface area contributed by atoms with E-state index in [9.17, 15) is 23.1 Å². The van der Waals surface area contributed by atoms with Crippen molar-refractivity contribution in [1.82, 2.24) is 4.72 Å². The predicted octanol–water partition coefficient (Wildman–Crippen LogP) is -0.915. The molecule has 0 aliphatic rings. The number of nitrogens with one attached hydrogen (secondary N) is 1. The molecule has 0 aliphatic carbocycles. The first-order valence-corrected chi connectivity index (χ1v) is 7.30. The number of hydrogen-bond donors (Lipinski definition) is 3. The third kappa shape index (κ3) is 9.40. The maximum absolute atomic E-state index is 11.5. The molecule has 8 nitrogen and oxygen atoms in total. The molecular formula is C10H19NO7S. The van der Waals surface area contributed by atoms with E-state index in [-0.39, 0.29) is 13.0 Å². The standard InChI is InChI=1S/C10H19NO7S/c1-3-18-9(14)4-5-19(16,17)11-7-10(2,15)6-8(12)13/h11,15H,3-7H2,1-2H3,(H,12,13). The molecule has 1 unspecified atom stereocenters. The molecular weight excluding hydrogens is 278 g/mol. The number of carboxylic acids is 1. The number of carbonyl (C=O) groups excluding carboxylic acids is 1. The Bertz CT molecular complexity index is 416. The molecule has 0 aromatic heterocycles. The lowest BCUT2D eigenvalue weighted by atomic mass is 10.0. The molecule has 9 heteroatoms. The van der Waals surface area contributed by atoms with Crippen LogP contribution >= 0.6 is 0 Å². The molecule has 0 aromatic carbocycles. The van der Waals surface area contributed by atoms with Gasteiger partial charge in [-0.25, -0.2) is 13.1 Å². The molecule has 0 rings (SSSR count). The second-order valence-corrected chi connectivity index (χ2v) is 6.19. The van der Waals surface area contributed by atoms with Crippen LogP contribution in [0.2, 0.25) is 0 Å². The summed E-state index contributed by atoms with van der Waals surface area (Å²) in [5, 5.41) is 18.1. The topological polar surface area (TPSA) is 130 Å². The quantitative estimate of drug-likeness (QED) is 0.469. The summed E-state index contributed by atoms with van der Waals surface area (Å²) in [5.74, 6) is -2.35. The number of esters is 1. The number of sulfonamides is 1. The molecule has 0 saturated heterocycles. The van der Waals surface area contributed by atoms with Crippen molar-refractivity contribution in [3.05, 3.63) is 0 Å². The minimum Gasteiger partial charge on any atom is -0.481 e. The van der Waals surface area contributed by atoms with Gasteiger partial charge in [-0.3, -0.25) is 9.59 Å². The van der Waals surface area contributed by atoms with Gasteiger partial charge in [-0.05, 0) is 13.8 Å². The Morgan fingerprint density at radius 2 is 1.95 bits per heavy atom. The lowest BCUT2D eigenvalue weighted by molar-refractivity contribution is -0.143. The summed E-state index contributed by atoms with van der Waals surface area (Å²) in [4.78, 5) is 21.4. The summed E-state index contributed by atoms with van der Waals surface area (Å²) in [6.45, 7) is 2.53. The van der Waals surface area contributed by atoms with Crippen molar-refractivity contribution < 1.29 is 33.0 Å². The third-order valence-electron chi connectivity index (χ3n) is 2.09. The van der Waals surface area contributed by atoms with Gasteiger partial charge >= 0.3 is 11.9 Å². The first kappa shape index (κ1) is 17.8. The summed E-state index contributed by atoms with van der Waals surface area (Å²) in [6.07, 6.45) is -0.891. The average Bonchev–Trinajstić information content (AvgIpc) is 2.23. The van der Waals surface area contributed by atoms with Crippen LogP contribution in [0.3, 0.4) is 0 Å². The van der Waals surface area contributed by atoms with Crippen LogP contribution in [0.25, 0.3) is 0 Å². The van der Waals surface area contributed by atoms with Gasteiger partial charge in [-0.15, -0.1) is 0 Å². The number of ether oxygens (including phenoxy) is 1. The summed E-state index contributed by atoms with van der Waals surface area (Å²) in [5.41, 5.74) is -1.69. The third-order valence-corrected chi connectivity index (χ3v) is 3.41. The molecule has 0 heterocycles. The number of aliphatic carboxylic acids is 1. The molecule has 0 amide bonds. The first-order chi connectivity index (χ1) is 8.58.